The molecular weight excluding hydrogens is 256 g/mol. The molecule has 0 amide bonds. The standard InChI is InChI=1S/C15H12N2O3/c1-8-4-10-11(6-14(8)19)17-12(7-16-10)9-2-3-13(18)15(20)5-9/h2-7,18-20H,1H3. The molecule has 0 saturated heterocycles. The Bertz CT molecular complexity index is 816. The van der Waals surface area contributed by atoms with Crippen molar-refractivity contribution in [2.45, 2.75) is 6.92 Å². The third-order valence-electron chi connectivity index (χ3n) is 3.13. The molecule has 20 heavy (non-hydrogen) atoms. The van der Waals surface area contributed by atoms with Gasteiger partial charge in [0.1, 0.15) is 5.75 Å². The number of phenolic OH excluding ortho intramolecular Hbond substituents is 3. The van der Waals surface area contributed by atoms with Gasteiger partial charge in [-0.25, -0.2) is 4.98 Å². The number of hydrogen-bond donors (Lipinski definition) is 3. The Balaban J connectivity index is 2.17. The molecule has 5 nitrogen and oxygen atoms in total. The van der Waals surface area contributed by atoms with Gasteiger partial charge in [-0.3, -0.25) is 4.98 Å². The molecule has 0 unspecified atom stereocenters. The average molecular weight is 268 g/mol. The molecular formula is C15H12N2O3. The zero-order chi connectivity index (χ0) is 14.3. The maximum absolute atomic E-state index is 9.72. The van der Waals surface area contributed by atoms with E-state index in [1.54, 1.807) is 31.3 Å². The molecule has 0 aliphatic heterocycles. The van der Waals surface area contributed by atoms with Crippen molar-refractivity contribution in [3.63, 3.8) is 0 Å². The van der Waals surface area contributed by atoms with Crippen LogP contribution >= 0.6 is 0 Å². The maximum Gasteiger partial charge on any atom is 0.158 e. The highest BCUT2D eigenvalue weighted by molar-refractivity contribution is 5.80. The van der Waals surface area contributed by atoms with Gasteiger partial charge in [-0.15, -0.1) is 0 Å². The second kappa shape index (κ2) is 4.38. The highest BCUT2D eigenvalue weighted by atomic mass is 16.3. The van der Waals surface area contributed by atoms with Crippen LogP contribution in [0.5, 0.6) is 17.2 Å². The second-order valence-electron chi connectivity index (χ2n) is 4.59. The van der Waals surface area contributed by atoms with Gasteiger partial charge in [-0.2, -0.15) is 0 Å². The zero-order valence-corrected chi connectivity index (χ0v) is 10.7. The highest BCUT2D eigenvalue weighted by Crippen LogP contribution is 2.30. The van der Waals surface area contributed by atoms with Crippen molar-refractivity contribution in [1.29, 1.82) is 0 Å². The largest absolute Gasteiger partial charge is 0.508 e. The highest BCUT2D eigenvalue weighted by Gasteiger charge is 2.07. The first-order valence-electron chi connectivity index (χ1n) is 6.03. The first kappa shape index (κ1) is 12.2. The van der Waals surface area contributed by atoms with E-state index in [2.05, 4.69) is 9.97 Å². The summed E-state index contributed by atoms with van der Waals surface area (Å²) in [4.78, 5) is 8.70. The minimum absolute atomic E-state index is 0.164. The third-order valence-corrected chi connectivity index (χ3v) is 3.13. The summed E-state index contributed by atoms with van der Waals surface area (Å²) in [5.74, 6) is -0.232. The first-order chi connectivity index (χ1) is 9.54. The minimum Gasteiger partial charge on any atom is -0.508 e. The summed E-state index contributed by atoms with van der Waals surface area (Å²) in [7, 11) is 0. The van der Waals surface area contributed by atoms with Crippen LogP contribution < -0.4 is 0 Å². The lowest BCUT2D eigenvalue weighted by Gasteiger charge is -2.06. The number of phenols is 3. The van der Waals surface area contributed by atoms with E-state index in [1.807, 2.05) is 0 Å². The fourth-order valence-corrected chi connectivity index (χ4v) is 1.97. The Morgan fingerprint density at radius 3 is 2.40 bits per heavy atom. The quantitative estimate of drug-likeness (QED) is 0.591. The topological polar surface area (TPSA) is 86.5 Å². The van der Waals surface area contributed by atoms with Crippen LogP contribution in [0, 0.1) is 6.92 Å². The van der Waals surface area contributed by atoms with E-state index < -0.39 is 0 Å². The first-order valence-corrected chi connectivity index (χ1v) is 6.03. The van der Waals surface area contributed by atoms with Crippen molar-refractivity contribution in [3.05, 3.63) is 42.1 Å². The molecule has 3 N–H and O–H groups in total. The van der Waals surface area contributed by atoms with E-state index in [-0.39, 0.29) is 17.2 Å². The van der Waals surface area contributed by atoms with Gasteiger partial charge in [0.15, 0.2) is 11.5 Å². The lowest BCUT2D eigenvalue weighted by Crippen LogP contribution is -1.89. The maximum atomic E-state index is 9.72. The average Bonchev–Trinajstić information content (AvgIpc) is 2.43. The summed E-state index contributed by atoms with van der Waals surface area (Å²) in [5, 5.41) is 28.5. The lowest BCUT2D eigenvalue weighted by atomic mass is 10.1. The molecule has 0 saturated carbocycles. The molecule has 3 rings (SSSR count). The van der Waals surface area contributed by atoms with E-state index in [9.17, 15) is 15.3 Å². The van der Waals surface area contributed by atoms with E-state index in [0.29, 0.717) is 22.3 Å². The molecule has 0 atom stereocenters. The number of fused-ring (bicyclic) bond motifs is 1. The van der Waals surface area contributed by atoms with E-state index in [1.165, 1.54) is 12.1 Å². The molecule has 1 aromatic heterocycles. The van der Waals surface area contributed by atoms with Crippen molar-refractivity contribution >= 4 is 11.0 Å². The molecule has 0 bridgehead atoms. The summed E-state index contributed by atoms with van der Waals surface area (Å²) < 4.78 is 0. The summed E-state index contributed by atoms with van der Waals surface area (Å²) in [6.45, 7) is 1.79. The van der Waals surface area contributed by atoms with Crippen LogP contribution in [0.1, 0.15) is 5.56 Å². The fraction of sp³-hybridized carbons (Fsp3) is 0.0667. The van der Waals surface area contributed by atoms with Gasteiger partial charge in [0, 0.05) is 11.6 Å². The molecule has 2 aromatic carbocycles. The SMILES string of the molecule is Cc1cc2ncc(-c3ccc(O)c(O)c3)nc2cc1O. The molecule has 100 valence electrons. The van der Waals surface area contributed by atoms with Crippen LogP contribution in [0.4, 0.5) is 0 Å². The van der Waals surface area contributed by atoms with Crippen LogP contribution in [0.2, 0.25) is 0 Å². The van der Waals surface area contributed by atoms with Gasteiger partial charge in [-0.1, -0.05) is 0 Å². The van der Waals surface area contributed by atoms with Crippen LogP contribution in [0.3, 0.4) is 0 Å². The van der Waals surface area contributed by atoms with Crippen molar-refractivity contribution in [1.82, 2.24) is 9.97 Å². The smallest absolute Gasteiger partial charge is 0.158 e. The van der Waals surface area contributed by atoms with Gasteiger partial charge < -0.3 is 15.3 Å². The van der Waals surface area contributed by atoms with Crippen molar-refractivity contribution < 1.29 is 15.3 Å². The summed E-state index contributed by atoms with van der Waals surface area (Å²) in [6, 6.07) is 7.76. The van der Waals surface area contributed by atoms with Gasteiger partial charge in [0.05, 0.1) is 22.9 Å². The van der Waals surface area contributed by atoms with Crippen LogP contribution in [-0.2, 0) is 0 Å². The summed E-state index contributed by atoms with van der Waals surface area (Å²) >= 11 is 0. The number of rotatable bonds is 1. The van der Waals surface area contributed by atoms with E-state index in [4.69, 9.17) is 0 Å². The van der Waals surface area contributed by atoms with Gasteiger partial charge in [0.2, 0.25) is 0 Å². The molecule has 5 heteroatoms. The molecule has 0 spiro atoms. The number of hydrogen-bond acceptors (Lipinski definition) is 5. The number of nitrogens with zero attached hydrogens (tertiary/aromatic N) is 2. The van der Waals surface area contributed by atoms with Gasteiger partial charge in [-0.05, 0) is 36.8 Å². The predicted molar refractivity (Wildman–Crippen MR) is 74.7 cm³/mol. The molecule has 0 fully saturated rings. The number of aromatic nitrogens is 2. The minimum atomic E-state index is -0.212. The fourth-order valence-electron chi connectivity index (χ4n) is 1.97. The Labute approximate surface area is 114 Å². The molecule has 1 heterocycles. The van der Waals surface area contributed by atoms with Crippen molar-refractivity contribution in [2.75, 3.05) is 0 Å². The van der Waals surface area contributed by atoms with Gasteiger partial charge >= 0.3 is 0 Å². The van der Waals surface area contributed by atoms with E-state index in [0.717, 1.165) is 5.56 Å². The predicted octanol–water partition coefficient (Wildman–Crippen LogP) is 2.72. The molecule has 0 aliphatic rings. The Morgan fingerprint density at radius 2 is 1.65 bits per heavy atom. The summed E-state index contributed by atoms with van der Waals surface area (Å²) in [5.41, 5.74) is 3.18. The molecule has 0 radical (unpaired) electrons. The number of aryl methyl sites for hydroxylation is 1. The van der Waals surface area contributed by atoms with Crippen LogP contribution in [0.15, 0.2) is 36.5 Å². The lowest BCUT2D eigenvalue weighted by molar-refractivity contribution is 0.404. The van der Waals surface area contributed by atoms with Crippen molar-refractivity contribution in [2.24, 2.45) is 0 Å². The Kier molecular flexibility index (Phi) is 2.68. The Hall–Kier alpha value is -2.82. The second-order valence-corrected chi connectivity index (χ2v) is 4.59. The third kappa shape index (κ3) is 1.99. The number of aromatic hydroxyl groups is 3. The Morgan fingerprint density at radius 1 is 0.850 bits per heavy atom. The molecule has 3 aromatic rings. The monoisotopic (exact) mass is 268 g/mol. The number of benzene rings is 2. The molecule has 0 aliphatic carbocycles. The normalized spacial score (nSPS) is 10.8. The van der Waals surface area contributed by atoms with E-state index >= 15 is 0 Å². The van der Waals surface area contributed by atoms with Crippen molar-refractivity contribution in [3.8, 4) is 28.5 Å². The van der Waals surface area contributed by atoms with Crippen LogP contribution in [-0.4, -0.2) is 25.3 Å². The van der Waals surface area contributed by atoms with Crippen LogP contribution in [0.25, 0.3) is 22.3 Å². The zero-order valence-electron chi connectivity index (χ0n) is 10.7. The van der Waals surface area contributed by atoms with Gasteiger partial charge in [0.25, 0.3) is 0 Å². The summed E-state index contributed by atoms with van der Waals surface area (Å²) in [6.07, 6.45) is 1.59.